The van der Waals surface area contributed by atoms with Crippen molar-refractivity contribution in [1.29, 1.82) is 0 Å². The van der Waals surface area contributed by atoms with Gasteiger partial charge in [-0.2, -0.15) is 4.98 Å². The van der Waals surface area contributed by atoms with Gasteiger partial charge in [-0.1, -0.05) is 0 Å². The lowest BCUT2D eigenvalue weighted by atomic mass is 10.1. The molecular formula is C13H17N5O5. The number of rotatable bonds is 2. The summed E-state index contributed by atoms with van der Waals surface area (Å²) in [7, 11) is 0. The molecule has 2 unspecified atom stereocenters. The average molecular weight is 323 g/mol. The molecule has 10 heteroatoms. The monoisotopic (exact) mass is 323 g/mol. The third-order valence-electron chi connectivity index (χ3n) is 4.03. The second kappa shape index (κ2) is 4.74. The molecule has 0 radical (unpaired) electrons. The summed E-state index contributed by atoms with van der Waals surface area (Å²) in [6.07, 6.45) is -0.595. The van der Waals surface area contributed by atoms with Crippen LogP contribution in [0.5, 0.6) is 0 Å². The van der Waals surface area contributed by atoms with Crippen LogP contribution in [0, 0.1) is 0 Å². The van der Waals surface area contributed by atoms with Gasteiger partial charge < -0.3 is 25.1 Å². The fourth-order valence-electron chi connectivity index (χ4n) is 3.16. The number of nitrogens with one attached hydrogen (secondary N) is 1. The summed E-state index contributed by atoms with van der Waals surface area (Å²) < 4.78 is 19.1. The zero-order valence-electron chi connectivity index (χ0n) is 12.6. The number of aliphatic hydroxyl groups is 1. The number of H-pyrrole nitrogens is 1. The van der Waals surface area contributed by atoms with Crippen molar-refractivity contribution < 1.29 is 19.3 Å². The number of hydrogen-bond donors (Lipinski definition) is 3. The van der Waals surface area contributed by atoms with Gasteiger partial charge >= 0.3 is 0 Å². The Balaban J connectivity index is 1.80. The van der Waals surface area contributed by atoms with Gasteiger partial charge in [0.2, 0.25) is 5.95 Å². The minimum atomic E-state index is -0.787. The van der Waals surface area contributed by atoms with E-state index < -0.39 is 35.9 Å². The molecule has 4 rings (SSSR count). The van der Waals surface area contributed by atoms with Crippen molar-refractivity contribution in [2.45, 2.75) is 44.2 Å². The molecule has 2 aromatic rings. The van der Waals surface area contributed by atoms with Gasteiger partial charge in [0.15, 0.2) is 23.2 Å². The molecule has 0 amide bonds. The molecule has 2 aliphatic rings. The fourth-order valence-corrected chi connectivity index (χ4v) is 3.16. The molecular weight excluding hydrogens is 306 g/mol. The molecule has 2 aromatic heterocycles. The average Bonchev–Trinajstić information content (AvgIpc) is 3.09. The van der Waals surface area contributed by atoms with Crippen molar-refractivity contribution in [2.24, 2.45) is 0 Å². The maximum atomic E-state index is 11.9. The van der Waals surface area contributed by atoms with E-state index in [9.17, 15) is 9.90 Å². The van der Waals surface area contributed by atoms with Crippen LogP contribution in [0.25, 0.3) is 11.2 Å². The van der Waals surface area contributed by atoms with Gasteiger partial charge in [0.05, 0.1) is 12.9 Å². The molecule has 4 N–H and O–H groups in total. The quantitative estimate of drug-likeness (QED) is 0.647. The summed E-state index contributed by atoms with van der Waals surface area (Å²) in [6.45, 7) is 3.38. The summed E-state index contributed by atoms with van der Waals surface area (Å²) in [5.41, 5.74) is 5.63. The first-order valence-corrected chi connectivity index (χ1v) is 7.24. The first kappa shape index (κ1) is 14.6. The summed E-state index contributed by atoms with van der Waals surface area (Å²) in [4.78, 5) is 22.5. The predicted molar refractivity (Wildman–Crippen MR) is 77.4 cm³/mol. The van der Waals surface area contributed by atoms with Gasteiger partial charge in [-0.3, -0.25) is 14.3 Å². The lowest BCUT2D eigenvalue weighted by Crippen LogP contribution is -2.31. The first-order chi connectivity index (χ1) is 10.9. The lowest BCUT2D eigenvalue weighted by Gasteiger charge is -2.24. The Morgan fingerprint density at radius 1 is 1.43 bits per heavy atom. The van der Waals surface area contributed by atoms with Crippen LogP contribution in [0.4, 0.5) is 5.95 Å². The van der Waals surface area contributed by atoms with Crippen LogP contribution < -0.4 is 11.3 Å². The largest absolute Gasteiger partial charge is 0.394 e. The maximum Gasteiger partial charge on any atom is 0.280 e. The van der Waals surface area contributed by atoms with Crippen molar-refractivity contribution in [2.75, 3.05) is 12.3 Å². The molecule has 0 bridgehead atoms. The summed E-state index contributed by atoms with van der Waals surface area (Å²) in [5.74, 6) is -0.799. The molecule has 4 heterocycles. The highest BCUT2D eigenvalue weighted by molar-refractivity contribution is 5.70. The number of nitrogen functional groups attached to an aromatic ring is 1. The molecule has 4 atom stereocenters. The van der Waals surface area contributed by atoms with E-state index in [2.05, 4.69) is 15.0 Å². The Labute approximate surface area is 130 Å². The Morgan fingerprint density at radius 2 is 2.17 bits per heavy atom. The molecule has 2 aliphatic heterocycles. The fraction of sp³-hybridized carbons (Fsp3) is 0.615. The van der Waals surface area contributed by atoms with E-state index in [4.69, 9.17) is 19.9 Å². The molecule has 124 valence electrons. The van der Waals surface area contributed by atoms with Crippen LogP contribution in [-0.4, -0.2) is 55.3 Å². The number of anilines is 1. The van der Waals surface area contributed by atoms with E-state index in [1.165, 1.54) is 6.33 Å². The molecule has 0 aliphatic carbocycles. The zero-order chi connectivity index (χ0) is 16.4. The molecule has 0 spiro atoms. The van der Waals surface area contributed by atoms with E-state index >= 15 is 0 Å². The van der Waals surface area contributed by atoms with Crippen LogP contribution in [0.1, 0.15) is 20.1 Å². The highest BCUT2D eigenvalue weighted by Gasteiger charge is 2.55. The van der Waals surface area contributed by atoms with Crippen LogP contribution in [0.3, 0.4) is 0 Å². The number of nitrogens with two attached hydrogens (primary N) is 1. The minimum Gasteiger partial charge on any atom is -0.394 e. The van der Waals surface area contributed by atoms with Crippen molar-refractivity contribution in [3.05, 3.63) is 16.7 Å². The normalized spacial score (nSPS) is 32.5. The first-order valence-electron chi connectivity index (χ1n) is 7.24. The van der Waals surface area contributed by atoms with Crippen LogP contribution in [0.15, 0.2) is 11.1 Å². The van der Waals surface area contributed by atoms with Crippen molar-refractivity contribution in [3.63, 3.8) is 0 Å². The molecule has 0 saturated carbocycles. The Bertz CT molecular complexity index is 815. The minimum absolute atomic E-state index is 0.0126. The van der Waals surface area contributed by atoms with E-state index in [0.717, 1.165) is 0 Å². The highest BCUT2D eigenvalue weighted by Crippen LogP contribution is 2.43. The van der Waals surface area contributed by atoms with Crippen LogP contribution >= 0.6 is 0 Å². The number of aliphatic hydroxyl groups excluding tert-OH is 1. The molecule has 10 nitrogen and oxygen atoms in total. The van der Waals surface area contributed by atoms with E-state index in [0.29, 0.717) is 5.65 Å². The van der Waals surface area contributed by atoms with Crippen LogP contribution in [-0.2, 0) is 14.2 Å². The molecule has 0 aromatic carbocycles. The Kier molecular flexibility index (Phi) is 3.00. The topological polar surface area (TPSA) is 138 Å². The van der Waals surface area contributed by atoms with Gasteiger partial charge in [0.1, 0.15) is 18.3 Å². The lowest BCUT2D eigenvalue weighted by molar-refractivity contribution is -0.199. The standard InChI is InChI=1S/C13H17N5O5/c1-13(2)22-7-5(3-19)21-11(8(7)23-13)18-4-15-6-9(18)16-12(14)17-10(6)20/h4-5,7-8,11,19H,3H2,1-2H3,(H3,14,16,17,20)/t5-,7?,8?,11-/m1/s1. The predicted octanol–water partition coefficient (Wildman–Crippen LogP) is -0.888. The van der Waals surface area contributed by atoms with Gasteiger partial charge in [-0.15, -0.1) is 0 Å². The zero-order valence-corrected chi connectivity index (χ0v) is 12.6. The number of ether oxygens (including phenoxy) is 3. The summed E-state index contributed by atoms with van der Waals surface area (Å²) in [5, 5.41) is 9.52. The van der Waals surface area contributed by atoms with Gasteiger partial charge in [0.25, 0.3) is 5.56 Å². The summed E-state index contributed by atoms with van der Waals surface area (Å²) in [6, 6.07) is 0. The number of imidazole rings is 1. The number of aromatic amines is 1. The van der Waals surface area contributed by atoms with Crippen LogP contribution in [0.2, 0.25) is 0 Å². The van der Waals surface area contributed by atoms with E-state index in [-0.39, 0.29) is 18.1 Å². The van der Waals surface area contributed by atoms with Gasteiger partial charge in [-0.05, 0) is 13.8 Å². The van der Waals surface area contributed by atoms with Gasteiger partial charge in [-0.25, -0.2) is 4.98 Å². The van der Waals surface area contributed by atoms with Crippen molar-refractivity contribution in [3.8, 4) is 0 Å². The number of nitrogens with zero attached hydrogens (tertiary/aromatic N) is 3. The Hall–Kier alpha value is -2.01. The second-order valence-corrected chi connectivity index (χ2v) is 6.09. The number of aromatic nitrogens is 4. The second-order valence-electron chi connectivity index (χ2n) is 6.09. The number of fused-ring (bicyclic) bond motifs is 2. The third kappa shape index (κ3) is 2.14. The molecule has 2 saturated heterocycles. The van der Waals surface area contributed by atoms with Crippen molar-refractivity contribution in [1.82, 2.24) is 19.5 Å². The summed E-state index contributed by atoms with van der Waals surface area (Å²) >= 11 is 0. The SMILES string of the molecule is CC1(C)OC2C(O1)[C@@H](CO)O[C@H]2n1cnc2c(=O)[nH]c(N)nc21. The third-order valence-corrected chi connectivity index (χ3v) is 4.03. The van der Waals surface area contributed by atoms with E-state index in [1.54, 1.807) is 18.4 Å². The molecule has 23 heavy (non-hydrogen) atoms. The smallest absolute Gasteiger partial charge is 0.280 e. The highest BCUT2D eigenvalue weighted by atomic mass is 16.8. The number of hydrogen-bond acceptors (Lipinski definition) is 8. The maximum absolute atomic E-state index is 11.9. The van der Waals surface area contributed by atoms with Crippen molar-refractivity contribution >= 4 is 17.1 Å². The molecule has 2 fully saturated rings. The van der Waals surface area contributed by atoms with Gasteiger partial charge in [0, 0.05) is 0 Å². The Morgan fingerprint density at radius 3 is 2.91 bits per heavy atom. The van der Waals surface area contributed by atoms with E-state index in [1.807, 2.05) is 0 Å².